The van der Waals surface area contributed by atoms with Crippen LogP contribution in [0.25, 0.3) is 0 Å². The second kappa shape index (κ2) is 6.06. The van der Waals surface area contributed by atoms with Crippen molar-refractivity contribution < 1.29 is 0 Å². The Morgan fingerprint density at radius 1 is 1.26 bits per heavy atom. The molecule has 0 bridgehead atoms. The van der Waals surface area contributed by atoms with E-state index in [1.165, 1.54) is 17.3 Å². The Labute approximate surface area is 117 Å². The second-order valence-electron chi connectivity index (χ2n) is 4.52. The molecule has 0 saturated heterocycles. The number of benzene rings is 1. The largest absolute Gasteiger partial charge is 0.301 e. The Bertz CT molecular complexity index is 617. The molecule has 4 heteroatoms. The lowest BCUT2D eigenvalue weighted by Gasteiger charge is -2.08. The summed E-state index contributed by atoms with van der Waals surface area (Å²) in [5, 5.41) is 0.689. The van der Waals surface area contributed by atoms with E-state index in [0.29, 0.717) is 11.6 Å². The zero-order chi connectivity index (χ0) is 13.8. The number of hydrogen-bond acceptors (Lipinski definition) is 3. The first-order valence-electron chi connectivity index (χ1n) is 6.35. The highest BCUT2D eigenvalue weighted by Gasteiger charge is 2.10. The van der Waals surface area contributed by atoms with E-state index in [1.54, 1.807) is 0 Å². The van der Waals surface area contributed by atoms with Gasteiger partial charge in [0.25, 0.3) is 5.56 Å². The number of hydrogen-bond donors (Lipinski definition) is 1. The van der Waals surface area contributed by atoms with E-state index in [9.17, 15) is 4.79 Å². The lowest BCUT2D eigenvalue weighted by molar-refractivity contribution is 0.833. The molecular weight excluding hydrogens is 256 g/mol. The molecule has 100 valence electrons. The molecule has 0 aliphatic heterocycles. The fourth-order valence-corrected chi connectivity index (χ4v) is 2.40. The van der Waals surface area contributed by atoms with Crippen LogP contribution in [0.2, 0.25) is 0 Å². The van der Waals surface area contributed by atoms with Gasteiger partial charge < -0.3 is 4.98 Å². The Balaban J connectivity index is 2.39. The van der Waals surface area contributed by atoms with Crippen LogP contribution in [0.5, 0.6) is 0 Å². The predicted octanol–water partition coefficient (Wildman–Crippen LogP) is 2.95. The Morgan fingerprint density at radius 3 is 2.53 bits per heavy atom. The summed E-state index contributed by atoms with van der Waals surface area (Å²) in [6.45, 7) is 4.09. The van der Waals surface area contributed by atoms with Crippen LogP contribution in [0.3, 0.4) is 0 Å². The maximum Gasteiger partial charge on any atom is 0.255 e. The predicted molar refractivity (Wildman–Crippen MR) is 80.0 cm³/mol. The molecule has 0 amide bonds. The van der Waals surface area contributed by atoms with Gasteiger partial charge in [-0.25, -0.2) is 4.98 Å². The lowest BCUT2D eigenvalue weighted by Crippen LogP contribution is -2.18. The van der Waals surface area contributed by atoms with E-state index in [2.05, 4.69) is 41.2 Å². The molecule has 1 aromatic heterocycles. The summed E-state index contributed by atoms with van der Waals surface area (Å²) in [4.78, 5) is 19.5. The zero-order valence-electron chi connectivity index (χ0n) is 11.5. The molecule has 0 aliphatic carbocycles. The second-order valence-corrected chi connectivity index (χ2v) is 5.31. The minimum Gasteiger partial charge on any atom is -0.301 e. The lowest BCUT2D eigenvalue weighted by atomic mass is 10.0. The van der Waals surface area contributed by atoms with Crippen molar-refractivity contribution in [2.24, 2.45) is 0 Å². The number of rotatable bonds is 4. The fourth-order valence-electron chi connectivity index (χ4n) is 2.00. The van der Waals surface area contributed by atoms with Crippen LogP contribution in [-0.4, -0.2) is 16.2 Å². The first-order chi connectivity index (χ1) is 9.13. The van der Waals surface area contributed by atoms with E-state index < -0.39 is 0 Å². The minimum absolute atomic E-state index is 0.0169. The summed E-state index contributed by atoms with van der Waals surface area (Å²) >= 11 is 1.46. The first-order valence-corrected chi connectivity index (χ1v) is 7.58. The summed E-state index contributed by atoms with van der Waals surface area (Å²) < 4.78 is 0. The third-order valence-electron chi connectivity index (χ3n) is 3.11. The third kappa shape index (κ3) is 3.26. The molecule has 1 heterocycles. The topological polar surface area (TPSA) is 45.8 Å². The zero-order valence-corrected chi connectivity index (χ0v) is 12.3. The van der Waals surface area contributed by atoms with Crippen molar-refractivity contribution in [3.05, 3.63) is 57.0 Å². The van der Waals surface area contributed by atoms with Crippen LogP contribution < -0.4 is 5.56 Å². The molecule has 3 nitrogen and oxygen atoms in total. The van der Waals surface area contributed by atoms with E-state index in [4.69, 9.17) is 0 Å². The van der Waals surface area contributed by atoms with Gasteiger partial charge in [-0.1, -0.05) is 48.5 Å². The molecule has 1 N–H and O–H groups in total. The first kappa shape index (κ1) is 13.9. The number of nitrogens with one attached hydrogen (secondary N) is 1. The van der Waals surface area contributed by atoms with Crippen LogP contribution >= 0.6 is 11.8 Å². The van der Waals surface area contributed by atoms with Gasteiger partial charge in [-0.3, -0.25) is 4.79 Å². The number of aromatic nitrogens is 2. The SMILES string of the molecule is CCc1nc(SC)[nH]c(=O)c1Cc1ccc(C)cc1. The average molecular weight is 274 g/mol. The highest BCUT2D eigenvalue weighted by molar-refractivity contribution is 7.98. The molecule has 0 spiro atoms. The molecule has 2 rings (SSSR count). The number of H-pyrrole nitrogens is 1. The Kier molecular flexibility index (Phi) is 4.43. The average Bonchev–Trinajstić information content (AvgIpc) is 2.43. The summed E-state index contributed by atoms with van der Waals surface area (Å²) in [7, 11) is 0. The summed E-state index contributed by atoms with van der Waals surface area (Å²) in [5.41, 5.74) is 4.03. The van der Waals surface area contributed by atoms with Gasteiger partial charge in [0.1, 0.15) is 0 Å². The van der Waals surface area contributed by atoms with Crippen molar-refractivity contribution >= 4 is 11.8 Å². The van der Waals surface area contributed by atoms with E-state index >= 15 is 0 Å². The van der Waals surface area contributed by atoms with Crippen molar-refractivity contribution in [2.45, 2.75) is 31.8 Å². The van der Waals surface area contributed by atoms with Crippen LogP contribution in [0, 0.1) is 6.92 Å². The van der Waals surface area contributed by atoms with Gasteiger partial charge in [-0.05, 0) is 25.2 Å². The monoisotopic (exact) mass is 274 g/mol. The number of aromatic amines is 1. The molecule has 1 aromatic carbocycles. The summed E-state index contributed by atoms with van der Waals surface area (Å²) in [6, 6.07) is 8.27. The number of thioether (sulfide) groups is 1. The molecule has 0 radical (unpaired) electrons. The fraction of sp³-hybridized carbons (Fsp3) is 0.333. The van der Waals surface area contributed by atoms with Crippen molar-refractivity contribution in [1.29, 1.82) is 0 Å². The van der Waals surface area contributed by atoms with Crippen LogP contribution in [0.4, 0.5) is 0 Å². The van der Waals surface area contributed by atoms with E-state index in [1.807, 2.05) is 13.2 Å². The van der Waals surface area contributed by atoms with Gasteiger partial charge in [-0.15, -0.1) is 0 Å². The minimum atomic E-state index is -0.0169. The standard InChI is InChI=1S/C15H18N2OS/c1-4-13-12(14(18)17-15(16-13)19-3)9-11-7-5-10(2)6-8-11/h5-8H,4,9H2,1-3H3,(H,16,17,18). The number of nitrogens with zero attached hydrogens (tertiary/aromatic N) is 1. The van der Waals surface area contributed by atoms with Gasteiger partial charge in [0.2, 0.25) is 0 Å². The van der Waals surface area contributed by atoms with E-state index in [0.717, 1.165) is 23.2 Å². The van der Waals surface area contributed by atoms with Crippen molar-refractivity contribution in [1.82, 2.24) is 9.97 Å². The van der Waals surface area contributed by atoms with Gasteiger partial charge in [0.05, 0.1) is 5.69 Å². The normalized spacial score (nSPS) is 10.7. The van der Waals surface area contributed by atoms with Crippen LogP contribution in [0.1, 0.15) is 29.3 Å². The Hall–Kier alpha value is -1.55. The molecule has 2 aromatic rings. The highest BCUT2D eigenvalue weighted by atomic mass is 32.2. The highest BCUT2D eigenvalue weighted by Crippen LogP contribution is 2.14. The van der Waals surface area contributed by atoms with Gasteiger partial charge in [0, 0.05) is 12.0 Å². The smallest absolute Gasteiger partial charge is 0.255 e. The number of aryl methyl sites for hydroxylation is 2. The quantitative estimate of drug-likeness (QED) is 0.688. The van der Waals surface area contributed by atoms with Crippen molar-refractivity contribution in [3.63, 3.8) is 0 Å². The van der Waals surface area contributed by atoms with Crippen molar-refractivity contribution in [2.75, 3.05) is 6.26 Å². The maximum absolute atomic E-state index is 12.1. The van der Waals surface area contributed by atoms with Crippen LogP contribution in [0.15, 0.2) is 34.2 Å². The molecule has 0 fully saturated rings. The molecular formula is C15H18N2OS. The van der Waals surface area contributed by atoms with Gasteiger partial charge >= 0.3 is 0 Å². The summed E-state index contributed by atoms with van der Waals surface area (Å²) in [5.74, 6) is 0. The third-order valence-corrected chi connectivity index (χ3v) is 3.69. The summed E-state index contributed by atoms with van der Waals surface area (Å²) in [6.07, 6.45) is 3.33. The van der Waals surface area contributed by atoms with E-state index in [-0.39, 0.29) is 5.56 Å². The van der Waals surface area contributed by atoms with Gasteiger partial charge in [-0.2, -0.15) is 0 Å². The Morgan fingerprint density at radius 2 is 1.95 bits per heavy atom. The van der Waals surface area contributed by atoms with Crippen molar-refractivity contribution in [3.8, 4) is 0 Å². The van der Waals surface area contributed by atoms with Crippen LogP contribution in [-0.2, 0) is 12.8 Å². The molecule has 0 unspecified atom stereocenters. The molecule has 0 aliphatic rings. The molecule has 19 heavy (non-hydrogen) atoms. The molecule has 0 atom stereocenters. The molecule has 0 saturated carbocycles. The maximum atomic E-state index is 12.1. The van der Waals surface area contributed by atoms with Gasteiger partial charge in [0.15, 0.2) is 5.16 Å².